The maximum Gasteiger partial charge on any atom is 0.229 e. The van der Waals surface area contributed by atoms with Gasteiger partial charge in [-0.3, -0.25) is 9.59 Å². The Morgan fingerprint density at radius 1 is 1.28 bits per heavy atom. The Labute approximate surface area is 152 Å². The molecular formula is C20H21ClN2O2. The van der Waals surface area contributed by atoms with Gasteiger partial charge >= 0.3 is 0 Å². The van der Waals surface area contributed by atoms with E-state index in [1.54, 1.807) is 11.0 Å². The van der Waals surface area contributed by atoms with Crippen molar-refractivity contribution in [3.05, 3.63) is 58.6 Å². The van der Waals surface area contributed by atoms with E-state index in [0.29, 0.717) is 17.3 Å². The minimum Gasteiger partial charge on any atom is -0.326 e. The predicted octanol–water partition coefficient (Wildman–Crippen LogP) is 4.20. The molecule has 1 aliphatic heterocycles. The summed E-state index contributed by atoms with van der Waals surface area (Å²) in [5.41, 5.74) is 3.63. The number of anilines is 2. The molecule has 0 aromatic heterocycles. The SMILES string of the molecule is CCc1ccccc1N1C[C@@H](C(=O)Nc2ccc(C)c(Cl)c2)CC1=O. The maximum atomic E-state index is 12.6. The Morgan fingerprint density at radius 3 is 2.76 bits per heavy atom. The highest BCUT2D eigenvalue weighted by Crippen LogP contribution is 2.29. The van der Waals surface area contributed by atoms with Crippen LogP contribution in [-0.4, -0.2) is 18.4 Å². The van der Waals surface area contributed by atoms with Crippen molar-refractivity contribution in [3.63, 3.8) is 0 Å². The molecule has 0 bridgehead atoms. The first-order valence-corrected chi connectivity index (χ1v) is 8.82. The number of aryl methyl sites for hydroxylation is 2. The fourth-order valence-electron chi connectivity index (χ4n) is 3.10. The van der Waals surface area contributed by atoms with E-state index >= 15 is 0 Å². The summed E-state index contributed by atoms with van der Waals surface area (Å²) in [5, 5.41) is 3.48. The third-order valence-electron chi connectivity index (χ3n) is 4.60. The topological polar surface area (TPSA) is 49.4 Å². The molecule has 0 spiro atoms. The number of hydrogen-bond acceptors (Lipinski definition) is 2. The van der Waals surface area contributed by atoms with Crippen molar-refractivity contribution in [2.45, 2.75) is 26.7 Å². The summed E-state index contributed by atoms with van der Waals surface area (Å²) in [4.78, 5) is 26.7. The zero-order chi connectivity index (χ0) is 18.0. The van der Waals surface area contributed by atoms with Crippen LogP contribution >= 0.6 is 11.6 Å². The van der Waals surface area contributed by atoms with Crippen LogP contribution in [0.4, 0.5) is 11.4 Å². The van der Waals surface area contributed by atoms with Gasteiger partial charge in [0.05, 0.1) is 5.92 Å². The lowest BCUT2D eigenvalue weighted by Gasteiger charge is -2.20. The number of amides is 2. The van der Waals surface area contributed by atoms with Crippen molar-refractivity contribution in [1.82, 2.24) is 0 Å². The van der Waals surface area contributed by atoms with Crippen molar-refractivity contribution < 1.29 is 9.59 Å². The predicted molar refractivity (Wildman–Crippen MR) is 101 cm³/mol. The molecule has 1 N–H and O–H groups in total. The van der Waals surface area contributed by atoms with Gasteiger partial charge in [0, 0.05) is 29.4 Å². The average Bonchev–Trinajstić information content (AvgIpc) is 3.00. The van der Waals surface area contributed by atoms with E-state index in [-0.39, 0.29) is 24.2 Å². The molecule has 4 nitrogen and oxygen atoms in total. The van der Waals surface area contributed by atoms with Crippen molar-refractivity contribution >= 4 is 34.8 Å². The number of nitrogens with one attached hydrogen (secondary N) is 1. The second kappa shape index (κ2) is 7.28. The Bertz CT molecular complexity index is 819. The van der Waals surface area contributed by atoms with Gasteiger partial charge in [-0.2, -0.15) is 0 Å². The second-order valence-corrected chi connectivity index (χ2v) is 6.75. The van der Waals surface area contributed by atoms with Crippen LogP contribution in [0.1, 0.15) is 24.5 Å². The van der Waals surface area contributed by atoms with Gasteiger partial charge in [0.1, 0.15) is 0 Å². The molecule has 2 amide bonds. The monoisotopic (exact) mass is 356 g/mol. The molecule has 0 aliphatic carbocycles. The van der Waals surface area contributed by atoms with Crippen LogP contribution in [0.3, 0.4) is 0 Å². The average molecular weight is 357 g/mol. The molecule has 3 rings (SSSR count). The number of carbonyl (C=O) groups excluding carboxylic acids is 2. The molecule has 0 radical (unpaired) electrons. The molecule has 1 aliphatic rings. The maximum absolute atomic E-state index is 12.6. The van der Waals surface area contributed by atoms with Gasteiger partial charge in [0.2, 0.25) is 11.8 Å². The number of hydrogen-bond donors (Lipinski definition) is 1. The molecular weight excluding hydrogens is 336 g/mol. The molecule has 2 aromatic rings. The molecule has 5 heteroatoms. The van der Waals surface area contributed by atoms with Crippen LogP contribution in [0.15, 0.2) is 42.5 Å². The summed E-state index contributed by atoms with van der Waals surface area (Å²) in [7, 11) is 0. The van der Waals surface area contributed by atoms with E-state index in [1.165, 1.54) is 0 Å². The Hall–Kier alpha value is -2.33. The first-order chi connectivity index (χ1) is 12.0. The third kappa shape index (κ3) is 3.69. The molecule has 1 heterocycles. The summed E-state index contributed by atoms with van der Waals surface area (Å²) < 4.78 is 0. The van der Waals surface area contributed by atoms with Gasteiger partial charge in [-0.05, 0) is 42.7 Å². The zero-order valence-corrected chi connectivity index (χ0v) is 15.1. The fourth-order valence-corrected chi connectivity index (χ4v) is 3.28. The van der Waals surface area contributed by atoms with E-state index in [4.69, 9.17) is 11.6 Å². The lowest BCUT2D eigenvalue weighted by molar-refractivity contribution is -0.122. The van der Waals surface area contributed by atoms with Crippen LogP contribution < -0.4 is 10.2 Å². The zero-order valence-electron chi connectivity index (χ0n) is 14.4. The van der Waals surface area contributed by atoms with E-state index < -0.39 is 0 Å². The lowest BCUT2D eigenvalue weighted by Crippen LogP contribution is -2.28. The molecule has 2 aromatic carbocycles. The number of para-hydroxylation sites is 1. The van der Waals surface area contributed by atoms with Crippen molar-refractivity contribution in [2.75, 3.05) is 16.8 Å². The number of halogens is 1. The standard InChI is InChI=1S/C20H21ClN2O2/c1-3-14-6-4-5-7-18(14)23-12-15(10-19(23)24)20(25)22-16-9-8-13(2)17(21)11-16/h4-9,11,15H,3,10,12H2,1-2H3,(H,22,25)/t15-/m0/s1. The molecule has 25 heavy (non-hydrogen) atoms. The van der Waals surface area contributed by atoms with Gasteiger partial charge in [0.15, 0.2) is 0 Å². The summed E-state index contributed by atoms with van der Waals surface area (Å²) >= 11 is 6.10. The Kier molecular flexibility index (Phi) is 5.09. The van der Waals surface area contributed by atoms with Crippen molar-refractivity contribution in [1.29, 1.82) is 0 Å². The molecule has 1 fully saturated rings. The molecule has 1 saturated heterocycles. The van der Waals surface area contributed by atoms with Gasteiger partial charge in [-0.15, -0.1) is 0 Å². The molecule has 130 valence electrons. The quantitative estimate of drug-likeness (QED) is 0.892. The lowest BCUT2D eigenvalue weighted by atomic mass is 10.1. The summed E-state index contributed by atoms with van der Waals surface area (Å²) in [6, 6.07) is 13.3. The fraction of sp³-hybridized carbons (Fsp3) is 0.300. The van der Waals surface area contributed by atoms with E-state index in [1.807, 2.05) is 43.3 Å². The second-order valence-electron chi connectivity index (χ2n) is 6.34. The highest BCUT2D eigenvalue weighted by Gasteiger charge is 2.35. The smallest absolute Gasteiger partial charge is 0.229 e. The number of benzene rings is 2. The van der Waals surface area contributed by atoms with Gasteiger partial charge in [-0.25, -0.2) is 0 Å². The van der Waals surface area contributed by atoms with Crippen LogP contribution in [-0.2, 0) is 16.0 Å². The molecule has 0 unspecified atom stereocenters. The normalized spacial score (nSPS) is 17.0. The Balaban J connectivity index is 1.73. The molecule has 1 atom stereocenters. The largest absolute Gasteiger partial charge is 0.326 e. The number of nitrogens with zero attached hydrogens (tertiary/aromatic N) is 1. The highest BCUT2D eigenvalue weighted by atomic mass is 35.5. The summed E-state index contributed by atoms with van der Waals surface area (Å²) in [6.45, 7) is 4.37. The minimum atomic E-state index is -0.363. The van der Waals surface area contributed by atoms with E-state index in [2.05, 4.69) is 12.2 Å². The van der Waals surface area contributed by atoms with Crippen LogP contribution in [0, 0.1) is 12.8 Å². The van der Waals surface area contributed by atoms with Gasteiger partial charge in [0.25, 0.3) is 0 Å². The summed E-state index contributed by atoms with van der Waals surface area (Å²) in [6.07, 6.45) is 1.07. The number of rotatable bonds is 4. The third-order valence-corrected chi connectivity index (χ3v) is 5.01. The van der Waals surface area contributed by atoms with Crippen molar-refractivity contribution in [2.24, 2.45) is 5.92 Å². The first-order valence-electron chi connectivity index (χ1n) is 8.45. The van der Waals surface area contributed by atoms with Crippen molar-refractivity contribution in [3.8, 4) is 0 Å². The number of carbonyl (C=O) groups is 2. The summed E-state index contributed by atoms with van der Waals surface area (Å²) in [5.74, 6) is -0.523. The highest BCUT2D eigenvalue weighted by molar-refractivity contribution is 6.31. The van der Waals surface area contributed by atoms with Crippen LogP contribution in [0.2, 0.25) is 5.02 Å². The van der Waals surface area contributed by atoms with E-state index in [9.17, 15) is 9.59 Å². The van der Waals surface area contributed by atoms with Crippen LogP contribution in [0.25, 0.3) is 0 Å². The minimum absolute atomic E-state index is 0.0111. The van der Waals surface area contributed by atoms with Gasteiger partial charge in [-0.1, -0.05) is 42.8 Å². The van der Waals surface area contributed by atoms with Gasteiger partial charge < -0.3 is 10.2 Å². The first kappa shape index (κ1) is 17.5. The van der Waals surface area contributed by atoms with E-state index in [0.717, 1.165) is 23.2 Å². The Morgan fingerprint density at radius 2 is 2.04 bits per heavy atom. The van der Waals surface area contributed by atoms with Crippen LogP contribution in [0.5, 0.6) is 0 Å². The molecule has 0 saturated carbocycles.